The molecule has 0 radical (unpaired) electrons. The molecule has 2 aromatic heterocycles. The molecule has 7 nitrogen and oxygen atoms in total. The summed E-state index contributed by atoms with van der Waals surface area (Å²) in [7, 11) is 0. The third-order valence-corrected chi connectivity index (χ3v) is 4.65. The van der Waals surface area contributed by atoms with E-state index >= 15 is 0 Å². The summed E-state index contributed by atoms with van der Waals surface area (Å²) < 4.78 is 6.21. The van der Waals surface area contributed by atoms with Crippen molar-refractivity contribution in [1.29, 1.82) is 0 Å². The van der Waals surface area contributed by atoms with E-state index in [4.69, 9.17) is 4.42 Å². The van der Waals surface area contributed by atoms with Crippen molar-refractivity contribution in [3.63, 3.8) is 0 Å². The van der Waals surface area contributed by atoms with Crippen molar-refractivity contribution in [2.45, 2.75) is 13.5 Å². The van der Waals surface area contributed by atoms with Gasteiger partial charge in [0, 0.05) is 26.2 Å². The van der Waals surface area contributed by atoms with Gasteiger partial charge < -0.3 is 14.2 Å². The first-order chi connectivity index (χ1) is 10.7. The summed E-state index contributed by atoms with van der Waals surface area (Å²) in [5, 5.41) is 5.99. The third kappa shape index (κ3) is 3.12. The fourth-order valence-electron chi connectivity index (χ4n) is 2.45. The highest BCUT2D eigenvalue weighted by Gasteiger charge is 2.22. The third-order valence-electron chi connectivity index (χ3n) is 3.80. The Morgan fingerprint density at radius 1 is 1.36 bits per heavy atom. The number of hydrogen-bond acceptors (Lipinski definition) is 6. The largest absolute Gasteiger partial charge is 0.437 e. The summed E-state index contributed by atoms with van der Waals surface area (Å²) in [5.41, 5.74) is 0. The smallest absolute Gasteiger partial charge is 0.387 e. The van der Waals surface area contributed by atoms with Crippen molar-refractivity contribution < 1.29 is 9.21 Å². The molecular formula is C14H18N4O3S. The predicted octanol–water partition coefficient (Wildman–Crippen LogP) is 0.729. The number of carbonyl (C=O) groups excluding carboxylic acids is 1. The highest BCUT2D eigenvalue weighted by molar-refractivity contribution is 7.13. The van der Waals surface area contributed by atoms with Crippen molar-refractivity contribution in [2.75, 3.05) is 32.7 Å². The second kappa shape index (κ2) is 6.45. The quantitative estimate of drug-likeness (QED) is 0.830. The maximum absolute atomic E-state index is 12.3. The molecule has 0 unspecified atom stereocenters. The van der Waals surface area contributed by atoms with Gasteiger partial charge in [-0.15, -0.1) is 16.4 Å². The Labute approximate surface area is 131 Å². The Morgan fingerprint density at radius 3 is 2.77 bits per heavy atom. The fraction of sp³-hybridized carbons (Fsp3) is 0.500. The van der Waals surface area contributed by atoms with Crippen LogP contribution in [0.1, 0.15) is 6.92 Å². The zero-order valence-electron chi connectivity index (χ0n) is 12.4. The van der Waals surface area contributed by atoms with Gasteiger partial charge in [0.1, 0.15) is 6.54 Å². The van der Waals surface area contributed by atoms with Crippen LogP contribution in [0, 0.1) is 0 Å². The van der Waals surface area contributed by atoms with Crippen LogP contribution in [0.3, 0.4) is 0 Å². The molecule has 8 heteroatoms. The Bertz CT molecular complexity index is 683. The van der Waals surface area contributed by atoms with E-state index in [-0.39, 0.29) is 18.3 Å². The van der Waals surface area contributed by atoms with Crippen LogP contribution in [0.25, 0.3) is 10.8 Å². The van der Waals surface area contributed by atoms with Gasteiger partial charge in [-0.1, -0.05) is 13.0 Å². The predicted molar refractivity (Wildman–Crippen MR) is 82.8 cm³/mol. The fourth-order valence-corrected chi connectivity index (χ4v) is 3.09. The Balaban J connectivity index is 1.66. The van der Waals surface area contributed by atoms with E-state index in [1.165, 1.54) is 11.3 Å². The number of hydrogen-bond donors (Lipinski definition) is 0. The molecule has 0 bridgehead atoms. The number of nitrogens with zero attached hydrogens (tertiary/aromatic N) is 4. The normalized spacial score (nSPS) is 16.1. The van der Waals surface area contributed by atoms with E-state index in [1.54, 1.807) is 4.90 Å². The minimum Gasteiger partial charge on any atom is -0.387 e. The molecule has 0 aliphatic carbocycles. The molecule has 22 heavy (non-hydrogen) atoms. The maximum atomic E-state index is 12.3. The zero-order chi connectivity index (χ0) is 15.5. The van der Waals surface area contributed by atoms with Crippen LogP contribution in [0.5, 0.6) is 0 Å². The second-order valence-electron chi connectivity index (χ2n) is 5.12. The molecule has 3 rings (SSSR count). The molecule has 1 aliphatic heterocycles. The lowest BCUT2D eigenvalue weighted by atomic mass is 10.3. The molecule has 1 amide bonds. The first-order valence-electron chi connectivity index (χ1n) is 7.29. The van der Waals surface area contributed by atoms with Gasteiger partial charge >= 0.3 is 5.76 Å². The molecule has 1 aliphatic rings. The molecule has 0 N–H and O–H groups in total. The molecule has 0 aromatic carbocycles. The monoisotopic (exact) mass is 322 g/mol. The van der Waals surface area contributed by atoms with Gasteiger partial charge in [-0.3, -0.25) is 4.79 Å². The first-order valence-corrected chi connectivity index (χ1v) is 8.17. The molecule has 3 heterocycles. The lowest BCUT2D eigenvalue weighted by Gasteiger charge is -2.33. The Hall–Kier alpha value is -1.93. The molecule has 1 saturated heterocycles. The van der Waals surface area contributed by atoms with E-state index in [0.29, 0.717) is 13.1 Å². The number of likely N-dealkylation sites (N-methyl/N-ethyl adjacent to an activating group) is 1. The average Bonchev–Trinajstić information content (AvgIpc) is 3.18. The molecule has 0 spiro atoms. The Morgan fingerprint density at radius 2 is 2.14 bits per heavy atom. The van der Waals surface area contributed by atoms with Gasteiger partial charge in [-0.2, -0.15) is 4.68 Å². The van der Waals surface area contributed by atoms with E-state index in [2.05, 4.69) is 16.9 Å². The van der Waals surface area contributed by atoms with Crippen LogP contribution < -0.4 is 5.76 Å². The molecular weight excluding hydrogens is 304 g/mol. The highest BCUT2D eigenvalue weighted by Crippen LogP contribution is 2.21. The minimum absolute atomic E-state index is 0.0696. The summed E-state index contributed by atoms with van der Waals surface area (Å²) in [6, 6.07) is 3.68. The summed E-state index contributed by atoms with van der Waals surface area (Å²) in [6.07, 6.45) is 0. The van der Waals surface area contributed by atoms with Crippen LogP contribution in [-0.4, -0.2) is 58.2 Å². The van der Waals surface area contributed by atoms with E-state index < -0.39 is 5.76 Å². The highest BCUT2D eigenvalue weighted by atomic mass is 32.1. The summed E-state index contributed by atoms with van der Waals surface area (Å²) in [4.78, 5) is 28.9. The molecule has 118 valence electrons. The number of aromatic nitrogens is 2. The number of carbonyl (C=O) groups is 1. The SMILES string of the molecule is CCN1CCN(C(=O)Cn2nc(-c3cccs3)oc2=O)CC1. The lowest BCUT2D eigenvalue weighted by Crippen LogP contribution is -2.49. The van der Waals surface area contributed by atoms with Gasteiger partial charge in [0.15, 0.2) is 0 Å². The van der Waals surface area contributed by atoms with E-state index in [0.717, 1.165) is 29.2 Å². The number of rotatable bonds is 4. The van der Waals surface area contributed by atoms with Crippen molar-refractivity contribution in [1.82, 2.24) is 19.6 Å². The van der Waals surface area contributed by atoms with E-state index in [9.17, 15) is 9.59 Å². The Kier molecular flexibility index (Phi) is 4.39. The number of amides is 1. The van der Waals surface area contributed by atoms with Crippen molar-refractivity contribution in [3.05, 3.63) is 28.1 Å². The maximum Gasteiger partial charge on any atom is 0.437 e. The zero-order valence-corrected chi connectivity index (χ0v) is 13.2. The van der Waals surface area contributed by atoms with Crippen LogP contribution in [-0.2, 0) is 11.3 Å². The van der Waals surface area contributed by atoms with Gasteiger partial charge in [0.25, 0.3) is 5.89 Å². The summed E-state index contributed by atoms with van der Waals surface area (Å²) in [5.74, 6) is -0.420. The summed E-state index contributed by atoms with van der Waals surface area (Å²) in [6.45, 7) is 6.16. The van der Waals surface area contributed by atoms with Crippen LogP contribution in [0.2, 0.25) is 0 Å². The topological polar surface area (TPSA) is 71.6 Å². The minimum atomic E-state index is -0.594. The molecule has 1 fully saturated rings. The standard InChI is InChI=1S/C14H18N4O3S/c1-2-16-5-7-17(8-6-16)12(19)10-18-14(20)21-13(15-18)11-4-3-9-22-11/h3-4,9H,2,5-8,10H2,1H3. The van der Waals surface area contributed by atoms with Gasteiger partial charge in [-0.25, -0.2) is 4.79 Å². The van der Waals surface area contributed by atoms with Crippen LogP contribution in [0.4, 0.5) is 0 Å². The average molecular weight is 322 g/mol. The van der Waals surface area contributed by atoms with Crippen LogP contribution >= 0.6 is 11.3 Å². The lowest BCUT2D eigenvalue weighted by molar-refractivity contribution is -0.133. The van der Waals surface area contributed by atoms with Crippen LogP contribution in [0.15, 0.2) is 26.7 Å². The number of thiophene rings is 1. The molecule has 2 aromatic rings. The van der Waals surface area contributed by atoms with Crippen molar-refractivity contribution in [3.8, 4) is 10.8 Å². The number of piperazine rings is 1. The molecule has 0 saturated carbocycles. The molecule has 0 atom stereocenters. The summed E-state index contributed by atoms with van der Waals surface area (Å²) >= 11 is 1.44. The van der Waals surface area contributed by atoms with Gasteiger partial charge in [-0.05, 0) is 18.0 Å². The van der Waals surface area contributed by atoms with Gasteiger partial charge in [0.05, 0.1) is 4.88 Å². The van der Waals surface area contributed by atoms with E-state index in [1.807, 2.05) is 17.5 Å². The van der Waals surface area contributed by atoms with Gasteiger partial charge in [0.2, 0.25) is 5.91 Å². The van der Waals surface area contributed by atoms with Crippen molar-refractivity contribution >= 4 is 17.2 Å². The second-order valence-corrected chi connectivity index (χ2v) is 6.07. The van der Waals surface area contributed by atoms with Crippen molar-refractivity contribution in [2.24, 2.45) is 0 Å². The first kappa shape index (κ1) is 15.0.